The molecule has 1 heterocycles. The van der Waals surface area contributed by atoms with Gasteiger partial charge in [0.2, 0.25) is 0 Å². The Kier molecular flexibility index (Phi) is 5.48. The monoisotopic (exact) mass is 309 g/mol. The fraction of sp³-hybridized carbons (Fsp3) is 0.765. The molecule has 22 heavy (non-hydrogen) atoms. The zero-order chi connectivity index (χ0) is 16.3. The highest BCUT2D eigenvalue weighted by atomic mass is 16.5. The first kappa shape index (κ1) is 16.8. The van der Waals surface area contributed by atoms with Gasteiger partial charge in [-0.3, -0.25) is 4.79 Å². The van der Waals surface area contributed by atoms with E-state index in [0.717, 1.165) is 19.5 Å². The van der Waals surface area contributed by atoms with Gasteiger partial charge in [0.25, 0.3) is 0 Å². The Morgan fingerprint density at radius 1 is 1.23 bits per heavy atom. The van der Waals surface area contributed by atoms with Crippen molar-refractivity contribution in [1.29, 1.82) is 0 Å². The van der Waals surface area contributed by atoms with E-state index in [4.69, 9.17) is 9.47 Å². The van der Waals surface area contributed by atoms with Crippen LogP contribution in [0.15, 0.2) is 12.8 Å². The van der Waals surface area contributed by atoms with E-state index in [9.17, 15) is 9.59 Å². The molecule has 2 bridgehead atoms. The van der Waals surface area contributed by atoms with Crippen LogP contribution in [0, 0.1) is 29.6 Å². The van der Waals surface area contributed by atoms with Crippen LogP contribution in [0.3, 0.4) is 0 Å². The summed E-state index contributed by atoms with van der Waals surface area (Å²) < 4.78 is 10.1. The maximum atomic E-state index is 12.0. The van der Waals surface area contributed by atoms with Gasteiger partial charge in [-0.15, -0.1) is 0 Å². The number of piperidine rings is 1. The zero-order valence-corrected chi connectivity index (χ0v) is 13.8. The Labute approximate surface area is 132 Å². The number of amides is 1. The first-order chi connectivity index (χ1) is 10.4. The van der Waals surface area contributed by atoms with Crippen LogP contribution in [0.1, 0.15) is 33.6 Å². The highest BCUT2D eigenvalue weighted by Crippen LogP contribution is 2.47. The molecule has 4 unspecified atom stereocenters. The molecule has 2 aliphatic rings. The molecule has 1 saturated heterocycles. The number of esters is 1. The molecule has 2 fully saturated rings. The van der Waals surface area contributed by atoms with Gasteiger partial charge in [-0.2, -0.15) is 0 Å². The number of fused-ring (bicyclic) bond motifs is 2. The first-order valence-corrected chi connectivity index (χ1v) is 8.13. The van der Waals surface area contributed by atoms with Crippen molar-refractivity contribution in [3.8, 4) is 0 Å². The van der Waals surface area contributed by atoms with Crippen LogP contribution in [-0.2, 0) is 14.3 Å². The molecule has 1 amide bonds. The van der Waals surface area contributed by atoms with Gasteiger partial charge in [0, 0.05) is 20.0 Å². The average molecular weight is 309 g/mol. The van der Waals surface area contributed by atoms with Gasteiger partial charge in [0.05, 0.1) is 12.9 Å². The summed E-state index contributed by atoms with van der Waals surface area (Å²) in [4.78, 5) is 24.8. The smallest absolute Gasteiger partial charge is 0.414 e. The number of carbonyl (C=O) groups excluding carboxylic acids is 2. The van der Waals surface area contributed by atoms with Crippen LogP contribution in [0.5, 0.6) is 0 Å². The molecule has 2 rings (SSSR count). The molecule has 124 valence electrons. The summed E-state index contributed by atoms with van der Waals surface area (Å²) in [7, 11) is 0. The maximum absolute atomic E-state index is 12.0. The van der Waals surface area contributed by atoms with E-state index < -0.39 is 0 Å². The summed E-state index contributed by atoms with van der Waals surface area (Å²) in [5.74, 6) is 2.30. The third-order valence-electron chi connectivity index (χ3n) is 5.37. The number of hydrogen-bond donors (Lipinski definition) is 0. The number of nitrogens with zero attached hydrogens (tertiary/aromatic N) is 1. The van der Waals surface area contributed by atoms with Crippen LogP contribution >= 0.6 is 0 Å². The minimum Gasteiger partial charge on any atom is -0.466 e. The minimum absolute atomic E-state index is 0.224. The van der Waals surface area contributed by atoms with Crippen molar-refractivity contribution < 1.29 is 19.1 Å². The van der Waals surface area contributed by atoms with Crippen molar-refractivity contribution in [3.63, 3.8) is 0 Å². The van der Waals surface area contributed by atoms with Gasteiger partial charge in [-0.05, 0) is 42.4 Å². The Morgan fingerprint density at radius 3 is 2.32 bits per heavy atom. The second kappa shape index (κ2) is 7.16. The molecule has 0 aromatic carbocycles. The lowest BCUT2D eigenvalue weighted by Gasteiger charge is -2.52. The van der Waals surface area contributed by atoms with Gasteiger partial charge in [0.15, 0.2) is 0 Å². The molecule has 0 aromatic heterocycles. The molecule has 0 radical (unpaired) electrons. The van der Waals surface area contributed by atoms with Gasteiger partial charge in [-0.25, -0.2) is 4.79 Å². The maximum Gasteiger partial charge on any atom is 0.414 e. The lowest BCUT2D eigenvalue weighted by atomic mass is 9.59. The summed E-state index contributed by atoms with van der Waals surface area (Å²) in [6.45, 7) is 11.3. The standard InChI is InChI=1S/C17H27NO4/c1-5-21-17(20)18-9-15-11(2)8-12(3)16(10-18)14(15)6-7-22-13(4)19/h5,11-12,14-16H,1,6-10H2,2-4H3. The molecule has 5 nitrogen and oxygen atoms in total. The van der Waals surface area contributed by atoms with Gasteiger partial charge >= 0.3 is 12.1 Å². The van der Waals surface area contributed by atoms with Crippen molar-refractivity contribution in [2.45, 2.75) is 33.6 Å². The normalized spacial score (nSPS) is 34.0. The highest BCUT2D eigenvalue weighted by Gasteiger charge is 2.46. The Balaban J connectivity index is 2.07. The van der Waals surface area contributed by atoms with E-state index in [-0.39, 0.29) is 12.1 Å². The van der Waals surface area contributed by atoms with E-state index in [0.29, 0.717) is 36.2 Å². The number of carbonyl (C=O) groups is 2. The van der Waals surface area contributed by atoms with Crippen LogP contribution in [0.25, 0.3) is 0 Å². The molecule has 1 aliphatic carbocycles. The van der Waals surface area contributed by atoms with Crippen LogP contribution in [0.2, 0.25) is 0 Å². The van der Waals surface area contributed by atoms with Crippen LogP contribution in [-0.4, -0.2) is 36.7 Å². The molecule has 1 aliphatic heterocycles. The number of ether oxygens (including phenoxy) is 2. The van der Waals surface area contributed by atoms with Crippen LogP contribution < -0.4 is 0 Å². The van der Waals surface area contributed by atoms with Crippen molar-refractivity contribution >= 4 is 12.1 Å². The second-order valence-electron chi connectivity index (χ2n) is 6.77. The molecule has 0 spiro atoms. The number of rotatable bonds is 4. The molecule has 0 aromatic rings. The van der Waals surface area contributed by atoms with Crippen molar-refractivity contribution in [1.82, 2.24) is 4.90 Å². The topological polar surface area (TPSA) is 55.8 Å². The minimum atomic E-state index is -0.301. The van der Waals surface area contributed by atoms with Gasteiger partial charge in [0.1, 0.15) is 0 Å². The summed E-state index contributed by atoms with van der Waals surface area (Å²) in [5, 5.41) is 0. The Morgan fingerprint density at radius 2 is 1.82 bits per heavy atom. The van der Waals surface area contributed by atoms with Crippen molar-refractivity contribution in [3.05, 3.63) is 12.8 Å². The van der Waals surface area contributed by atoms with E-state index in [1.165, 1.54) is 19.6 Å². The number of hydrogen-bond acceptors (Lipinski definition) is 4. The lowest BCUT2D eigenvalue weighted by molar-refractivity contribution is -0.142. The molecule has 5 heteroatoms. The SMILES string of the molecule is C=COC(=O)N1CC2C(C)CC(C)C(C1)C2CCOC(C)=O. The van der Waals surface area contributed by atoms with Gasteiger partial charge in [-0.1, -0.05) is 20.4 Å². The predicted molar refractivity (Wildman–Crippen MR) is 82.9 cm³/mol. The molecular weight excluding hydrogens is 282 g/mol. The molecule has 1 saturated carbocycles. The quantitative estimate of drug-likeness (QED) is 0.591. The van der Waals surface area contributed by atoms with E-state index >= 15 is 0 Å². The third kappa shape index (κ3) is 3.62. The highest BCUT2D eigenvalue weighted by molar-refractivity contribution is 5.68. The molecule has 0 N–H and O–H groups in total. The third-order valence-corrected chi connectivity index (χ3v) is 5.37. The summed E-state index contributed by atoms with van der Waals surface area (Å²) in [6, 6.07) is 0. The average Bonchev–Trinajstić information content (AvgIpc) is 2.45. The summed E-state index contributed by atoms with van der Waals surface area (Å²) >= 11 is 0. The fourth-order valence-electron chi connectivity index (χ4n) is 4.37. The van der Waals surface area contributed by atoms with E-state index in [2.05, 4.69) is 20.4 Å². The lowest BCUT2D eigenvalue weighted by Crippen LogP contribution is -2.55. The van der Waals surface area contributed by atoms with E-state index in [1.807, 2.05) is 4.90 Å². The molecular formula is C17H27NO4. The Bertz CT molecular complexity index is 418. The van der Waals surface area contributed by atoms with E-state index in [1.54, 1.807) is 0 Å². The first-order valence-electron chi connectivity index (χ1n) is 8.13. The summed E-state index contributed by atoms with van der Waals surface area (Å²) in [5.41, 5.74) is 0. The van der Waals surface area contributed by atoms with Crippen molar-refractivity contribution in [2.24, 2.45) is 29.6 Å². The number of likely N-dealkylation sites (tertiary alicyclic amines) is 1. The second-order valence-corrected chi connectivity index (χ2v) is 6.77. The fourth-order valence-corrected chi connectivity index (χ4v) is 4.37. The summed E-state index contributed by atoms with van der Waals surface area (Å²) in [6.07, 6.45) is 2.97. The molecule has 4 atom stereocenters. The Hall–Kier alpha value is -1.52. The van der Waals surface area contributed by atoms with Gasteiger partial charge < -0.3 is 14.4 Å². The van der Waals surface area contributed by atoms with Crippen LogP contribution in [0.4, 0.5) is 4.79 Å². The largest absolute Gasteiger partial charge is 0.466 e. The zero-order valence-electron chi connectivity index (χ0n) is 13.8. The van der Waals surface area contributed by atoms with Crippen molar-refractivity contribution in [2.75, 3.05) is 19.7 Å². The predicted octanol–water partition coefficient (Wildman–Crippen LogP) is 3.06.